The molecule has 1 N–H and O–H groups in total. The minimum atomic E-state index is 0.171. The first-order valence-corrected chi connectivity index (χ1v) is 7.39. The molecule has 0 aliphatic carbocycles. The van der Waals surface area contributed by atoms with Crippen LogP contribution in [0.5, 0.6) is 5.75 Å². The van der Waals surface area contributed by atoms with E-state index in [9.17, 15) is 0 Å². The molecule has 0 aliphatic rings. The van der Waals surface area contributed by atoms with Gasteiger partial charge in [-0.05, 0) is 49.7 Å². The minimum Gasteiger partial charge on any atom is -0.496 e. The smallest absolute Gasteiger partial charge is 0.129 e. The minimum absolute atomic E-state index is 0.171. The Morgan fingerprint density at radius 3 is 2.53 bits per heavy atom. The van der Waals surface area contributed by atoms with Gasteiger partial charge in [-0.2, -0.15) is 0 Å². The number of thiophene rings is 1. The Labute approximate surface area is 123 Å². The molecule has 0 aliphatic heterocycles. The van der Waals surface area contributed by atoms with E-state index in [-0.39, 0.29) is 6.04 Å². The molecule has 1 unspecified atom stereocenters. The summed E-state index contributed by atoms with van der Waals surface area (Å²) in [5, 5.41) is 6.22. The van der Waals surface area contributed by atoms with Crippen molar-refractivity contribution in [3.8, 4) is 5.75 Å². The molecule has 0 bridgehead atoms. The molecule has 1 aromatic carbocycles. The first-order valence-electron chi connectivity index (χ1n) is 6.13. The molecule has 2 rings (SSSR count). The van der Waals surface area contributed by atoms with Gasteiger partial charge in [0.05, 0.1) is 13.2 Å². The first kappa shape index (κ1) is 14.4. The van der Waals surface area contributed by atoms with Crippen LogP contribution >= 0.6 is 22.9 Å². The third-order valence-corrected chi connectivity index (χ3v) is 4.65. The number of hydrogen-bond donors (Lipinski definition) is 1. The van der Waals surface area contributed by atoms with Gasteiger partial charge in [-0.25, -0.2) is 0 Å². The van der Waals surface area contributed by atoms with Crippen LogP contribution in [0, 0.1) is 13.8 Å². The average molecular weight is 296 g/mol. The fraction of sp³-hybridized carbons (Fsp3) is 0.333. The van der Waals surface area contributed by atoms with E-state index >= 15 is 0 Å². The van der Waals surface area contributed by atoms with Crippen LogP contribution in [-0.2, 0) is 0 Å². The Morgan fingerprint density at radius 2 is 1.95 bits per heavy atom. The summed E-state index contributed by atoms with van der Waals surface area (Å²) in [7, 11) is 3.66. The first-order chi connectivity index (χ1) is 9.06. The van der Waals surface area contributed by atoms with Crippen molar-refractivity contribution >= 4 is 22.9 Å². The molecule has 0 saturated heterocycles. The van der Waals surface area contributed by atoms with Gasteiger partial charge in [-0.15, -0.1) is 11.3 Å². The summed E-state index contributed by atoms with van der Waals surface area (Å²) in [5.74, 6) is 0.906. The van der Waals surface area contributed by atoms with Gasteiger partial charge >= 0.3 is 0 Å². The Kier molecular flexibility index (Phi) is 4.50. The zero-order valence-electron chi connectivity index (χ0n) is 11.6. The van der Waals surface area contributed by atoms with E-state index in [1.807, 2.05) is 25.4 Å². The highest BCUT2D eigenvalue weighted by Crippen LogP contribution is 2.34. The predicted molar refractivity (Wildman–Crippen MR) is 82.7 cm³/mol. The summed E-state index contributed by atoms with van der Waals surface area (Å²) in [6.07, 6.45) is 0. The Bertz CT molecular complexity index is 580. The fourth-order valence-corrected chi connectivity index (χ4v) is 3.36. The van der Waals surface area contributed by atoms with Crippen LogP contribution in [0.2, 0.25) is 5.02 Å². The zero-order chi connectivity index (χ0) is 14.0. The van der Waals surface area contributed by atoms with Gasteiger partial charge in [-0.1, -0.05) is 17.7 Å². The van der Waals surface area contributed by atoms with Crippen molar-refractivity contribution in [1.82, 2.24) is 5.32 Å². The number of rotatable bonds is 4. The normalized spacial score (nSPS) is 12.5. The van der Waals surface area contributed by atoms with Gasteiger partial charge in [0.2, 0.25) is 0 Å². The second kappa shape index (κ2) is 5.95. The SMILES string of the molecule is CNC(c1cc(OC)cs1)c1cc(C)c(Cl)cc1C. The van der Waals surface area contributed by atoms with Crippen molar-refractivity contribution in [2.45, 2.75) is 19.9 Å². The molecular weight excluding hydrogens is 278 g/mol. The fourth-order valence-electron chi connectivity index (χ4n) is 2.16. The van der Waals surface area contributed by atoms with Crippen molar-refractivity contribution in [1.29, 1.82) is 0 Å². The summed E-state index contributed by atoms with van der Waals surface area (Å²) in [4.78, 5) is 1.24. The number of benzene rings is 1. The van der Waals surface area contributed by atoms with E-state index in [1.165, 1.54) is 16.0 Å². The van der Waals surface area contributed by atoms with Crippen LogP contribution in [-0.4, -0.2) is 14.2 Å². The van der Waals surface area contributed by atoms with Crippen molar-refractivity contribution in [2.75, 3.05) is 14.2 Å². The molecule has 0 radical (unpaired) electrons. The summed E-state index contributed by atoms with van der Waals surface area (Å²) in [6, 6.07) is 6.44. The lowest BCUT2D eigenvalue weighted by molar-refractivity contribution is 0.416. The lowest BCUT2D eigenvalue weighted by atomic mass is 9.98. The molecule has 1 heterocycles. The molecule has 2 aromatic rings. The molecule has 0 spiro atoms. The molecule has 1 aromatic heterocycles. The van der Waals surface area contributed by atoms with Gasteiger partial charge in [0.25, 0.3) is 0 Å². The zero-order valence-corrected chi connectivity index (χ0v) is 13.2. The quantitative estimate of drug-likeness (QED) is 0.906. The lowest BCUT2D eigenvalue weighted by Crippen LogP contribution is -2.17. The Hall–Kier alpha value is -1.03. The Balaban J connectivity index is 2.44. The summed E-state index contributed by atoms with van der Waals surface area (Å²) < 4.78 is 5.26. The van der Waals surface area contributed by atoms with Gasteiger partial charge in [0.1, 0.15) is 5.75 Å². The lowest BCUT2D eigenvalue weighted by Gasteiger charge is -2.18. The highest BCUT2D eigenvalue weighted by Gasteiger charge is 2.17. The molecule has 1 atom stereocenters. The number of nitrogens with one attached hydrogen (secondary N) is 1. The Morgan fingerprint density at radius 1 is 1.21 bits per heavy atom. The predicted octanol–water partition coefficient (Wildman–Crippen LogP) is 4.34. The van der Waals surface area contributed by atoms with E-state index in [0.717, 1.165) is 16.3 Å². The third-order valence-electron chi connectivity index (χ3n) is 3.26. The van der Waals surface area contributed by atoms with Gasteiger partial charge < -0.3 is 10.1 Å². The van der Waals surface area contributed by atoms with Gasteiger partial charge in [0, 0.05) is 15.3 Å². The van der Waals surface area contributed by atoms with Crippen molar-refractivity contribution in [3.05, 3.63) is 50.2 Å². The van der Waals surface area contributed by atoms with E-state index < -0.39 is 0 Å². The van der Waals surface area contributed by atoms with Crippen molar-refractivity contribution < 1.29 is 4.74 Å². The topological polar surface area (TPSA) is 21.3 Å². The van der Waals surface area contributed by atoms with Gasteiger partial charge in [-0.3, -0.25) is 0 Å². The van der Waals surface area contributed by atoms with Crippen LogP contribution in [0.3, 0.4) is 0 Å². The number of methoxy groups -OCH3 is 1. The molecule has 2 nitrogen and oxygen atoms in total. The molecule has 0 amide bonds. The van der Waals surface area contributed by atoms with E-state index in [1.54, 1.807) is 18.4 Å². The highest BCUT2D eigenvalue weighted by molar-refractivity contribution is 7.10. The van der Waals surface area contributed by atoms with Gasteiger partial charge in [0.15, 0.2) is 0 Å². The standard InChI is InChI=1S/C15H18ClNOS/c1-9-6-13(16)10(2)5-12(9)15(17-3)14-7-11(18-4)8-19-14/h5-8,15,17H,1-4H3. The van der Waals surface area contributed by atoms with Crippen LogP contribution in [0.25, 0.3) is 0 Å². The monoisotopic (exact) mass is 295 g/mol. The second-order valence-electron chi connectivity index (χ2n) is 4.57. The number of halogens is 1. The maximum absolute atomic E-state index is 6.17. The maximum Gasteiger partial charge on any atom is 0.129 e. The van der Waals surface area contributed by atoms with E-state index in [0.29, 0.717) is 0 Å². The molecule has 19 heavy (non-hydrogen) atoms. The number of ether oxygens (including phenoxy) is 1. The van der Waals surface area contributed by atoms with E-state index in [4.69, 9.17) is 16.3 Å². The molecule has 102 valence electrons. The molecular formula is C15H18ClNOS. The van der Waals surface area contributed by atoms with E-state index in [2.05, 4.69) is 24.4 Å². The van der Waals surface area contributed by atoms with Crippen LogP contribution in [0.4, 0.5) is 0 Å². The maximum atomic E-state index is 6.17. The number of aryl methyl sites for hydroxylation is 2. The van der Waals surface area contributed by atoms with Crippen LogP contribution in [0.1, 0.15) is 27.6 Å². The van der Waals surface area contributed by atoms with Crippen LogP contribution < -0.4 is 10.1 Å². The highest BCUT2D eigenvalue weighted by atomic mass is 35.5. The van der Waals surface area contributed by atoms with Crippen molar-refractivity contribution in [3.63, 3.8) is 0 Å². The summed E-state index contributed by atoms with van der Waals surface area (Å²) >= 11 is 7.87. The molecule has 0 fully saturated rings. The number of hydrogen-bond acceptors (Lipinski definition) is 3. The average Bonchev–Trinajstić information content (AvgIpc) is 2.85. The second-order valence-corrected chi connectivity index (χ2v) is 5.92. The van der Waals surface area contributed by atoms with Crippen molar-refractivity contribution in [2.24, 2.45) is 0 Å². The molecule has 0 saturated carbocycles. The largest absolute Gasteiger partial charge is 0.496 e. The van der Waals surface area contributed by atoms with Crippen LogP contribution in [0.15, 0.2) is 23.6 Å². The summed E-state index contributed by atoms with van der Waals surface area (Å²) in [5.41, 5.74) is 3.56. The summed E-state index contributed by atoms with van der Waals surface area (Å²) in [6.45, 7) is 4.13. The third kappa shape index (κ3) is 2.94. The molecule has 4 heteroatoms.